The molecule has 0 amide bonds. The molecule has 0 saturated carbocycles. The van der Waals surface area contributed by atoms with Crippen LogP contribution in [-0.4, -0.2) is 28.4 Å². The molecule has 0 unspecified atom stereocenters. The van der Waals surface area contributed by atoms with Gasteiger partial charge >= 0.3 is 0 Å². The van der Waals surface area contributed by atoms with Crippen molar-refractivity contribution in [2.75, 3.05) is 14.1 Å². The summed E-state index contributed by atoms with van der Waals surface area (Å²) < 4.78 is 15.7. The quantitative estimate of drug-likeness (QED) is 0.731. The van der Waals surface area contributed by atoms with Crippen LogP contribution in [0, 0.1) is 5.82 Å². The second-order valence-corrected chi connectivity index (χ2v) is 5.62. The van der Waals surface area contributed by atoms with Gasteiger partial charge in [0, 0.05) is 12.7 Å². The molecule has 0 aliphatic carbocycles. The smallest absolute Gasteiger partial charge is 0.174 e. The van der Waals surface area contributed by atoms with Gasteiger partial charge in [0.1, 0.15) is 5.69 Å². The van der Waals surface area contributed by atoms with Crippen LogP contribution in [0.4, 0.5) is 4.39 Å². The van der Waals surface area contributed by atoms with Crippen molar-refractivity contribution in [3.05, 3.63) is 47.4 Å². The van der Waals surface area contributed by atoms with Gasteiger partial charge in [-0.25, -0.2) is 9.37 Å². The van der Waals surface area contributed by atoms with Crippen LogP contribution in [0.1, 0.15) is 5.69 Å². The predicted molar refractivity (Wildman–Crippen MR) is 75.9 cm³/mol. The van der Waals surface area contributed by atoms with Crippen LogP contribution in [0.25, 0.3) is 16.2 Å². The number of nitrogens with zero attached hydrogens (tertiary/aromatic N) is 3. The molecule has 98 valence electrons. The fraction of sp³-hybridized carbons (Fsp3) is 0.214. The van der Waals surface area contributed by atoms with Crippen molar-refractivity contribution in [3.63, 3.8) is 0 Å². The number of pyridine rings is 1. The van der Waals surface area contributed by atoms with Gasteiger partial charge in [-0.2, -0.15) is 0 Å². The summed E-state index contributed by atoms with van der Waals surface area (Å²) in [6.07, 6.45) is 1.86. The van der Waals surface area contributed by atoms with E-state index >= 15 is 0 Å². The second-order valence-electron chi connectivity index (χ2n) is 4.67. The van der Waals surface area contributed by atoms with Crippen molar-refractivity contribution in [2.24, 2.45) is 0 Å². The number of hydrogen-bond donors (Lipinski definition) is 0. The molecule has 3 heterocycles. The van der Waals surface area contributed by atoms with Gasteiger partial charge in [0.05, 0.1) is 10.6 Å². The van der Waals surface area contributed by atoms with E-state index in [1.807, 2.05) is 42.2 Å². The summed E-state index contributed by atoms with van der Waals surface area (Å²) in [5.74, 6) is -0.287. The Morgan fingerprint density at radius 3 is 2.84 bits per heavy atom. The van der Waals surface area contributed by atoms with Crippen LogP contribution < -0.4 is 0 Å². The minimum absolute atomic E-state index is 0.287. The van der Waals surface area contributed by atoms with E-state index in [0.29, 0.717) is 5.65 Å². The Hall–Kier alpha value is -1.72. The number of imidazole rings is 1. The molecule has 0 saturated heterocycles. The van der Waals surface area contributed by atoms with Crippen molar-refractivity contribution < 1.29 is 4.39 Å². The third kappa shape index (κ3) is 2.15. The SMILES string of the molecule is CN(C)Cc1c(-c2cccs2)nc2c(F)cccn12. The van der Waals surface area contributed by atoms with Crippen molar-refractivity contribution in [1.29, 1.82) is 0 Å². The molecule has 3 rings (SSSR count). The van der Waals surface area contributed by atoms with E-state index in [2.05, 4.69) is 9.88 Å². The normalized spacial score (nSPS) is 11.6. The first-order valence-electron chi connectivity index (χ1n) is 6.01. The second kappa shape index (κ2) is 4.75. The summed E-state index contributed by atoms with van der Waals surface area (Å²) in [5, 5.41) is 2.01. The molecule has 3 aromatic rings. The lowest BCUT2D eigenvalue weighted by Crippen LogP contribution is -2.13. The molecule has 0 spiro atoms. The fourth-order valence-electron chi connectivity index (χ4n) is 2.14. The molecule has 0 aliphatic rings. The molecule has 0 aromatic carbocycles. The summed E-state index contributed by atoms with van der Waals surface area (Å²) in [6.45, 7) is 0.720. The molecule has 0 aliphatic heterocycles. The first-order chi connectivity index (χ1) is 9.16. The summed E-state index contributed by atoms with van der Waals surface area (Å²) in [7, 11) is 3.99. The third-order valence-electron chi connectivity index (χ3n) is 2.92. The highest BCUT2D eigenvalue weighted by Crippen LogP contribution is 2.29. The average Bonchev–Trinajstić information content (AvgIpc) is 2.97. The number of rotatable bonds is 3. The van der Waals surface area contributed by atoms with Gasteiger partial charge in [-0.15, -0.1) is 11.3 Å². The van der Waals surface area contributed by atoms with Crippen molar-refractivity contribution in [1.82, 2.24) is 14.3 Å². The molecule has 0 atom stereocenters. The van der Waals surface area contributed by atoms with E-state index in [9.17, 15) is 4.39 Å². The molecule has 19 heavy (non-hydrogen) atoms. The van der Waals surface area contributed by atoms with Crippen LogP contribution in [0.15, 0.2) is 35.8 Å². The van der Waals surface area contributed by atoms with E-state index in [1.165, 1.54) is 6.07 Å². The highest BCUT2D eigenvalue weighted by Gasteiger charge is 2.17. The Morgan fingerprint density at radius 2 is 2.16 bits per heavy atom. The number of thiophene rings is 1. The molecule has 0 N–H and O–H groups in total. The van der Waals surface area contributed by atoms with Crippen LogP contribution in [0.2, 0.25) is 0 Å². The van der Waals surface area contributed by atoms with Crippen LogP contribution in [-0.2, 0) is 6.54 Å². The Labute approximate surface area is 114 Å². The average molecular weight is 275 g/mol. The van der Waals surface area contributed by atoms with Gasteiger partial charge in [-0.1, -0.05) is 6.07 Å². The van der Waals surface area contributed by atoms with Crippen molar-refractivity contribution in [3.8, 4) is 10.6 Å². The summed E-state index contributed by atoms with van der Waals surface area (Å²) in [6, 6.07) is 7.16. The highest BCUT2D eigenvalue weighted by molar-refractivity contribution is 7.13. The Bertz CT molecular complexity index is 701. The van der Waals surface area contributed by atoms with Gasteiger partial charge < -0.3 is 4.90 Å². The van der Waals surface area contributed by atoms with E-state index < -0.39 is 0 Å². The number of hydrogen-bond acceptors (Lipinski definition) is 3. The summed E-state index contributed by atoms with van der Waals surface area (Å²) in [5.41, 5.74) is 2.28. The standard InChI is InChI=1S/C14H14FN3S/c1-17(2)9-11-13(12-6-4-8-19-12)16-14-10(15)5-3-7-18(11)14/h3-8H,9H2,1-2H3. The zero-order valence-electron chi connectivity index (χ0n) is 10.8. The van der Waals surface area contributed by atoms with Gasteiger partial charge in [0.15, 0.2) is 11.5 Å². The van der Waals surface area contributed by atoms with Gasteiger partial charge in [0.25, 0.3) is 0 Å². The molecule has 5 heteroatoms. The number of fused-ring (bicyclic) bond motifs is 1. The molecule has 0 bridgehead atoms. The minimum Gasteiger partial charge on any atom is -0.304 e. The predicted octanol–water partition coefficient (Wildman–Crippen LogP) is 3.26. The first kappa shape index (κ1) is 12.3. The zero-order valence-corrected chi connectivity index (χ0v) is 11.6. The maximum atomic E-state index is 13.9. The van der Waals surface area contributed by atoms with Gasteiger partial charge in [-0.05, 0) is 37.7 Å². The topological polar surface area (TPSA) is 20.5 Å². The van der Waals surface area contributed by atoms with Gasteiger partial charge in [-0.3, -0.25) is 4.40 Å². The molecular weight excluding hydrogens is 261 g/mol. The lowest BCUT2D eigenvalue weighted by molar-refractivity contribution is 0.396. The first-order valence-corrected chi connectivity index (χ1v) is 6.89. The van der Waals surface area contributed by atoms with Crippen molar-refractivity contribution >= 4 is 17.0 Å². The number of aromatic nitrogens is 2. The maximum Gasteiger partial charge on any atom is 0.174 e. The van der Waals surface area contributed by atoms with E-state index in [0.717, 1.165) is 22.8 Å². The largest absolute Gasteiger partial charge is 0.304 e. The molecule has 0 radical (unpaired) electrons. The highest BCUT2D eigenvalue weighted by atomic mass is 32.1. The molecule has 0 fully saturated rings. The molecular formula is C14H14FN3S. The van der Waals surface area contributed by atoms with Gasteiger partial charge in [0.2, 0.25) is 0 Å². The zero-order chi connectivity index (χ0) is 13.4. The van der Waals surface area contributed by atoms with Crippen molar-refractivity contribution in [2.45, 2.75) is 6.54 Å². The lowest BCUT2D eigenvalue weighted by atomic mass is 10.2. The minimum atomic E-state index is -0.287. The summed E-state index contributed by atoms with van der Waals surface area (Å²) >= 11 is 1.62. The van der Waals surface area contributed by atoms with E-state index in [4.69, 9.17) is 0 Å². The van der Waals surface area contributed by atoms with Crippen LogP contribution in [0.5, 0.6) is 0 Å². The van der Waals surface area contributed by atoms with Crippen LogP contribution >= 0.6 is 11.3 Å². The monoisotopic (exact) mass is 275 g/mol. The Balaban J connectivity index is 2.28. The lowest BCUT2D eigenvalue weighted by Gasteiger charge is -2.10. The summed E-state index contributed by atoms with van der Waals surface area (Å²) in [4.78, 5) is 7.61. The Morgan fingerprint density at radius 1 is 1.32 bits per heavy atom. The molecule has 3 nitrogen and oxygen atoms in total. The van der Waals surface area contributed by atoms with E-state index in [-0.39, 0.29) is 5.82 Å². The van der Waals surface area contributed by atoms with E-state index in [1.54, 1.807) is 17.4 Å². The van der Waals surface area contributed by atoms with Crippen LogP contribution in [0.3, 0.4) is 0 Å². The molecule has 3 aromatic heterocycles. The fourth-order valence-corrected chi connectivity index (χ4v) is 2.88. The Kier molecular flexibility index (Phi) is 3.08. The number of halogens is 1. The third-order valence-corrected chi connectivity index (χ3v) is 3.80. The maximum absolute atomic E-state index is 13.9.